The number of amides is 2. The second kappa shape index (κ2) is 10.9. The van der Waals surface area contributed by atoms with E-state index in [0.29, 0.717) is 38.6 Å². The van der Waals surface area contributed by atoms with Gasteiger partial charge in [-0.25, -0.2) is 4.99 Å². The summed E-state index contributed by atoms with van der Waals surface area (Å²) in [6.07, 6.45) is 7.72. The molecular weight excluding hydrogens is 440 g/mol. The van der Waals surface area contributed by atoms with Crippen LogP contribution in [0.4, 0.5) is 5.69 Å². The van der Waals surface area contributed by atoms with E-state index >= 15 is 0 Å². The highest BCUT2D eigenvalue weighted by Crippen LogP contribution is 2.46. The average molecular weight is 481 g/mol. The molecule has 2 aliphatic heterocycles. The molecule has 0 spiro atoms. The van der Waals surface area contributed by atoms with E-state index in [4.69, 9.17) is 10.7 Å². The minimum absolute atomic E-state index is 0.0410. The minimum atomic E-state index is -0.874. The van der Waals surface area contributed by atoms with Crippen molar-refractivity contribution >= 4 is 23.8 Å². The predicted molar refractivity (Wildman–Crippen MR) is 139 cm³/mol. The van der Waals surface area contributed by atoms with E-state index < -0.39 is 5.54 Å². The normalized spacial score (nSPS) is 23.9. The number of likely N-dealkylation sites (tertiary alicyclic amines) is 1. The van der Waals surface area contributed by atoms with Crippen molar-refractivity contribution in [1.29, 1.82) is 0 Å². The molecule has 1 aliphatic carbocycles. The van der Waals surface area contributed by atoms with Crippen molar-refractivity contribution in [3.05, 3.63) is 42.1 Å². The SMILES string of the molecule is CCC(Cc1ccc(N=C(/C=C\NC=O)N2CCN(C(=O)C(C)(C)N)CC2)cc1)N1CC2CC2C1. The molecule has 3 atom stereocenters. The summed E-state index contributed by atoms with van der Waals surface area (Å²) in [5.74, 6) is 2.64. The Morgan fingerprint density at radius 2 is 1.77 bits per heavy atom. The smallest absolute Gasteiger partial charge is 0.242 e. The topological polar surface area (TPSA) is 94.3 Å². The maximum Gasteiger partial charge on any atom is 0.242 e. The number of piperazine rings is 1. The molecule has 1 aromatic rings. The summed E-state index contributed by atoms with van der Waals surface area (Å²) in [5.41, 5.74) is 7.34. The van der Waals surface area contributed by atoms with E-state index in [0.717, 1.165) is 29.8 Å². The number of carbonyl (C=O) groups excluding carboxylic acids is 2. The van der Waals surface area contributed by atoms with Crippen LogP contribution < -0.4 is 11.1 Å². The number of nitrogens with one attached hydrogen (secondary N) is 1. The maximum atomic E-state index is 12.5. The van der Waals surface area contributed by atoms with Crippen LogP contribution in [0.3, 0.4) is 0 Å². The van der Waals surface area contributed by atoms with E-state index in [1.807, 2.05) is 4.90 Å². The number of amidine groups is 1. The van der Waals surface area contributed by atoms with Gasteiger partial charge in [-0.15, -0.1) is 0 Å². The summed E-state index contributed by atoms with van der Waals surface area (Å²) in [6.45, 7) is 10.8. The first-order chi connectivity index (χ1) is 16.8. The molecule has 4 rings (SSSR count). The zero-order chi connectivity index (χ0) is 25.0. The number of rotatable bonds is 9. The standard InChI is InChI=1S/C27H40N6O2/c1-4-24(33-17-21-16-22(21)18-33)15-20-5-7-23(8-6-20)30-25(9-10-29-19-34)31-11-13-32(14-12-31)26(35)27(2,3)28/h5-10,19,21-22,24H,4,11-18,28H2,1-3H3,(H,29,34)/b10-9-,30-25?. The number of nitrogens with zero attached hydrogens (tertiary/aromatic N) is 4. The second-order valence-electron chi connectivity index (χ2n) is 10.7. The molecule has 8 heteroatoms. The zero-order valence-corrected chi connectivity index (χ0v) is 21.3. The molecule has 3 unspecified atom stereocenters. The third-order valence-corrected chi connectivity index (χ3v) is 7.48. The average Bonchev–Trinajstić information content (AvgIpc) is 3.46. The summed E-state index contributed by atoms with van der Waals surface area (Å²) in [5, 5.41) is 2.57. The monoisotopic (exact) mass is 480 g/mol. The number of nitrogens with two attached hydrogens (primary N) is 1. The van der Waals surface area contributed by atoms with Crippen LogP contribution in [0.1, 0.15) is 39.2 Å². The summed E-state index contributed by atoms with van der Waals surface area (Å²) in [4.78, 5) is 34.7. The summed E-state index contributed by atoms with van der Waals surface area (Å²) >= 11 is 0. The second-order valence-corrected chi connectivity index (χ2v) is 10.7. The van der Waals surface area contributed by atoms with Gasteiger partial charge < -0.3 is 20.9 Å². The summed E-state index contributed by atoms with van der Waals surface area (Å²) in [7, 11) is 0. The molecule has 3 N–H and O–H groups in total. The molecule has 0 aromatic heterocycles. The molecule has 2 heterocycles. The molecule has 8 nitrogen and oxygen atoms in total. The number of benzene rings is 1. The zero-order valence-electron chi connectivity index (χ0n) is 21.3. The summed E-state index contributed by atoms with van der Waals surface area (Å²) in [6, 6.07) is 9.12. The van der Waals surface area contributed by atoms with Crippen LogP contribution in [0, 0.1) is 11.8 Å². The number of hydrogen-bond donors (Lipinski definition) is 2. The summed E-state index contributed by atoms with van der Waals surface area (Å²) < 4.78 is 0. The fraction of sp³-hybridized carbons (Fsp3) is 0.593. The molecule has 0 radical (unpaired) electrons. The third-order valence-electron chi connectivity index (χ3n) is 7.48. The van der Waals surface area contributed by atoms with Gasteiger partial charge in [-0.1, -0.05) is 19.1 Å². The van der Waals surface area contributed by atoms with Gasteiger partial charge in [-0.05, 0) is 68.7 Å². The van der Waals surface area contributed by atoms with Crippen molar-refractivity contribution in [2.75, 3.05) is 39.3 Å². The van der Waals surface area contributed by atoms with E-state index in [-0.39, 0.29) is 5.91 Å². The van der Waals surface area contributed by atoms with Gasteiger partial charge in [0, 0.05) is 51.5 Å². The van der Waals surface area contributed by atoms with Gasteiger partial charge in [0.25, 0.3) is 0 Å². The first kappa shape index (κ1) is 25.4. The van der Waals surface area contributed by atoms with Crippen LogP contribution in [0.2, 0.25) is 0 Å². The Labute approximate surface area is 209 Å². The van der Waals surface area contributed by atoms with Crippen molar-refractivity contribution in [2.24, 2.45) is 22.6 Å². The highest BCUT2D eigenvalue weighted by atomic mass is 16.2. The molecular formula is C27H40N6O2. The molecule has 1 aromatic carbocycles. The molecule has 3 aliphatic rings. The Morgan fingerprint density at radius 1 is 1.14 bits per heavy atom. The van der Waals surface area contributed by atoms with Gasteiger partial charge in [-0.3, -0.25) is 14.5 Å². The molecule has 1 saturated carbocycles. The van der Waals surface area contributed by atoms with E-state index in [2.05, 4.69) is 46.3 Å². The van der Waals surface area contributed by atoms with Crippen LogP contribution in [0.5, 0.6) is 0 Å². The number of carbonyl (C=O) groups is 2. The van der Waals surface area contributed by atoms with Crippen molar-refractivity contribution < 1.29 is 9.59 Å². The number of piperidine rings is 1. The van der Waals surface area contributed by atoms with Crippen molar-refractivity contribution in [2.45, 2.75) is 51.6 Å². The Bertz CT molecular complexity index is 933. The van der Waals surface area contributed by atoms with Gasteiger partial charge in [0.15, 0.2) is 0 Å². The van der Waals surface area contributed by atoms with Gasteiger partial charge in [0.05, 0.1) is 11.2 Å². The van der Waals surface area contributed by atoms with Crippen LogP contribution in [0.15, 0.2) is 41.5 Å². The molecule has 0 bridgehead atoms. The fourth-order valence-corrected chi connectivity index (χ4v) is 5.30. The van der Waals surface area contributed by atoms with Crippen LogP contribution in [-0.2, 0) is 16.0 Å². The number of aliphatic imine (C=N–C) groups is 1. The molecule has 190 valence electrons. The minimum Gasteiger partial charge on any atom is -0.353 e. The first-order valence-electron chi connectivity index (χ1n) is 12.9. The van der Waals surface area contributed by atoms with Crippen molar-refractivity contribution in [3.63, 3.8) is 0 Å². The molecule has 2 amide bonds. The quantitative estimate of drug-likeness (QED) is 0.321. The first-order valence-corrected chi connectivity index (χ1v) is 12.9. The predicted octanol–water partition coefficient (Wildman–Crippen LogP) is 2.13. The lowest BCUT2D eigenvalue weighted by molar-refractivity contribution is -0.137. The van der Waals surface area contributed by atoms with Gasteiger partial charge in [-0.2, -0.15) is 0 Å². The Hall–Kier alpha value is -2.71. The fourth-order valence-electron chi connectivity index (χ4n) is 5.30. The van der Waals surface area contributed by atoms with E-state index in [1.165, 1.54) is 31.5 Å². The Balaban J connectivity index is 1.40. The Kier molecular flexibility index (Phi) is 7.91. The van der Waals surface area contributed by atoms with Crippen molar-refractivity contribution in [1.82, 2.24) is 20.0 Å². The Morgan fingerprint density at radius 3 is 2.34 bits per heavy atom. The lowest BCUT2D eigenvalue weighted by atomic mass is 10.0. The van der Waals surface area contributed by atoms with Gasteiger partial charge in [0.1, 0.15) is 5.84 Å². The lowest BCUT2D eigenvalue weighted by Crippen LogP contribution is -2.57. The third kappa shape index (κ3) is 6.49. The number of hydrogen-bond acceptors (Lipinski definition) is 5. The number of fused-ring (bicyclic) bond motifs is 1. The molecule has 2 saturated heterocycles. The largest absolute Gasteiger partial charge is 0.353 e. The van der Waals surface area contributed by atoms with E-state index in [1.54, 1.807) is 26.1 Å². The van der Waals surface area contributed by atoms with Crippen LogP contribution >= 0.6 is 0 Å². The van der Waals surface area contributed by atoms with Gasteiger partial charge >= 0.3 is 0 Å². The highest BCUT2D eigenvalue weighted by Gasteiger charge is 2.46. The lowest BCUT2D eigenvalue weighted by Gasteiger charge is -2.38. The van der Waals surface area contributed by atoms with Gasteiger partial charge in [0.2, 0.25) is 12.3 Å². The van der Waals surface area contributed by atoms with Crippen LogP contribution in [0.25, 0.3) is 0 Å². The maximum absolute atomic E-state index is 12.5. The van der Waals surface area contributed by atoms with Crippen molar-refractivity contribution in [3.8, 4) is 0 Å². The molecule has 35 heavy (non-hydrogen) atoms. The van der Waals surface area contributed by atoms with E-state index in [9.17, 15) is 9.59 Å². The van der Waals surface area contributed by atoms with Crippen LogP contribution in [-0.4, -0.2) is 83.7 Å². The molecule has 3 fully saturated rings. The highest BCUT2D eigenvalue weighted by molar-refractivity contribution is 5.95.